The highest BCUT2D eigenvalue weighted by atomic mass is 19.1. The maximum absolute atomic E-state index is 13.3. The van der Waals surface area contributed by atoms with Crippen LogP contribution in [0.25, 0.3) is 0 Å². The fourth-order valence-electron chi connectivity index (χ4n) is 3.42. The molecule has 0 fully saturated rings. The lowest BCUT2D eigenvalue weighted by atomic mass is 9.75. The first-order chi connectivity index (χ1) is 10.0. The van der Waals surface area contributed by atoms with Crippen LogP contribution in [-0.4, -0.2) is 28.3 Å². The third kappa shape index (κ3) is 2.29. The third-order valence-electron chi connectivity index (χ3n) is 4.50. The summed E-state index contributed by atoms with van der Waals surface area (Å²) in [7, 11) is 0. The molecular formula is C15H18FN3O2. The zero-order chi connectivity index (χ0) is 15.1. The van der Waals surface area contributed by atoms with E-state index in [1.165, 1.54) is 6.08 Å². The largest absolute Gasteiger partial charge is 0.481 e. The second-order valence-electron chi connectivity index (χ2n) is 5.65. The van der Waals surface area contributed by atoms with E-state index >= 15 is 0 Å². The van der Waals surface area contributed by atoms with E-state index in [1.54, 1.807) is 5.01 Å². The number of aliphatic imine (C=N–C) groups is 1. The molecule has 21 heavy (non-hydrogen) atoms. The SMILES string of the molecule is CC[C@H](C(=O)O)C1CCN(N)C2=C1C=C1C=C(F)N=C1C2. The van der Waals surface area contributed by atoms with E-state index in [9.17, 15) is 14.3 Å². The molecule has 3 aliphatic rings. The number of nitrogens with two attached hydrogens (primary N) is 1. The molecule has 0 saturated heterocycles. The Morgan fingerprint density at radius 3 is 3.05 bits per heavy atom. The first-order valence-electron chi connectivity index (χ1n) is 7.16. The standard InChI is InChI=1S/C15H18FN3O2/c1-2-9(15(20)21)10-3-4-19(17)13-7-12-8(5-11(10)13)6-14(16)18-12/h5-6,9-10H,2-4,7,17H2,1H3,(H,20,21)/t9-,10?/m0/s1. The molecule has 3 N–H and O–H groups in total. The molecule has 2 heterocycles. The van der Waals surface area contributed by atoms with Gasteiger partial charge in [-0.05, 0) is 24.5 Å². The van der Waals surface area contributed by atoms with Crippen LogP contribution in [0.15, 0.2) is 39.9 Å². The van der Waals surface area contributed by atoms with Crippen molar-refractivity contribution in [2.24, 2.45) is 22.7 Å². The zero-order valence-corrected chi connectivity index (χ0v) is 11.8. The second-order valence-corrected chi connectivity index (χ2v) is 5.65. The van der Waals surface area contributed by atoms with Crippen LogP contribution < -0.4 is 5.84 Å². The van der Waals surface area contributed by atoms with E-state index in [0.29, 0.717) is 31.5 Å². The van der Waals surface area contributed by atoms with Crippen LogP contribution in [0.5, 0.6) is 0 Å². The van der Waals surface area contributed by atoms with Gasteiger partial charge in [-0.2, -0.15) is 4.39 Å². The summed E-state index contributed by atoms with van der Waals surface area (Å²) >= 11 is 0. The highest BCUT2D eigenvalue weighted by Gasteiger charge is 2.37. The van der Waals surface area contributed by atoms with Crippen LogP contribution in [0, 0.1) is 11.8 Å². The number of fused-ring (bicyclic) bond motifs is 1. The van der Waals surface area contributed by atoms with Crippen LogP contribution in [-0.2, 0) is 4.79 Å². The Bertz CT molecular complexity index is 618. The molecule has 0 saturated carbocycles. The molecule has 0 aromatic rings. The molecular weight excluding hydrogens is 273 g/mol. The zero-order valence-electron chi connectivity index (χ0n) is 11.8. The minimum Gasteiger partial charge on any atom is -0.481 e. The molecule has 0 spiro atoms. The van der Waals surface area contributed by atoms with Gasteiger partial charge in [-0.15, -0.1) is 0 Å². The van der Waals surface area contributed by atoms with Gasteiger partial charge in [0.15, 0.2) is 0 Å². The van der Waals surface area contributed by atoms with E-state index in [1.807, 2.05) is 13.0 Å². The van der Waals surface area contributed by atoms with Gasteiger partial charge in [0.1, 0.15) is 0 Å². The van der Waals surface area contributed by atoms with E-state index in [-0.39, 0.29) is 5.92 Å². The molecule has 112 valence electrons. The summed E-state index contributed by atoms with van der Waals surface area (Å²) in [6.07, 6.45) is 4.99. The van der Waals surface area contributed by atoms with Gasteiger partial charge in [-0.1, -0.05) is 6.92 Å². The Labute approximate surface area is 122 Å². The smallest absolute Gasteiger partial charge is 0.307 e. The first kappa shape index (κ1) is 14.0. The van der Waals surface area contributed by atoms with Crippen molar-refractivity contribution < 1.29 is 14.3 Å². The minimum atomic E-state index is -0.786. The lowest BCUT2D eigenvalue weighted by molar-refractivity contribution is -0.143. The van der Waals surface area contributed by atoms with Gasteiger partial charge in [0, 0.05) is 36.2 Å². The van der Waals surface area contributed by atoms with Crippen molar-refractivity contribution in [2.75, 3.05) is 6.54 Å². The summed E-state index contributed by atoms with van der Waals surface area (Å²) in [6, 6.07) is 0. The van der Waals surface area contributed by atoms with Crippen molar-refractivity contribution in [3.63, 3.8) is 0 Å². The number of carboxylic acids is 1. The Kier molecular flexibility index (Phi) is 3.41. The number of rotatable bonds is 3. The van der Waals surface area contributed by atoms with Crippen LogP contribution in [0.3, 0.4) is 0 Å². The van der Waals surface area contributed by atoms with Crippen molar-refractivity contribution in [3.8, 4) is 0 Å². The number of nitrogens with zero attached hydrogens (tertiary/aromatic N) is 2. The molecule has 5 nitrogen and oxygen atoms in total. The summed E-state index contributed by atoms with van der Waals surface area (Å²) in [4.78, 5) is 15.4. The molecule has 2 atom stereocenters. The van der Waals surface area contributed by atoms with Gasteiger partial charge >= 0.3 is 5.97 Å². The maximum atomic E-state index is 13.3. The number of allylic oxidation sites excluding steroid dienone is 5. The number of halogens is 1. The van der Waals surface area contributed by atoms with Gasteiger partial charge in [-0.25, -0.2) is 10.8 Å². The summed E-state index contributed by atoms with van der Waals surface area (Å²) in [5, 5.41) is 11.1. The van der Waals surface area contributed by atoms with E-state index in [4.69, 9.17) is 5.84 Å². The third-order valence-corrected chi connectivity index (χ3v) is 4.50. The predicted octanol–water partition coefficient (Wildman–Crippen LogP) is 2.14. The van der Waals surface area contributed by atoms with Crippen molar-refractivity contribution >= 4 is 11.7 Å². The average Bonchev–Trinajstić information content (AvgIpc) is 2.79. The molecule has 0 radical (unpaired) electrons. The Morgan fingerprint density at radius 2 is 2.38 bits per heavy atom. The van der Waals surface area contributed by atoms with Crippen molar-refractivity contribution in [1.29, 1.82) is 0 Å². The van der Waals surface area contributed by atoms with Gasteiger partial charge in [0.05, 0.1) is 11.6 Å². The van der Waals surface area contributed by atoms with Crippen molar-refractivity contribution in [3.05, 3.63) is 34.9 Å². The predicted molar refractivity (Wildman–Crippen MR) is 76.8 cm³/mol. The van der Waals surface area contributed by atoms with Crippen LogP contribution >= 0.6 is 0 Å². The van der Waals surface area contributed by atoms with E-state index in [2.05, 4.69) is 4.99 Å². The Balaban J connectivity index is 2.02. The minimum absolute atomic E-state index is 0.0755. The van der Waals surface area contributed by atoms with Crippen molar-refractivity contribution in [1.82, 2.24) is 5.01 Å². The highest BCUT2D eigenvalue weighted by molar-refractivity contribution is 6.08. The number of hydrogen-bond acceptors (Lipinski definition) is 4. The summed E-state index contributed by atoms with van der Waals surface area (Å²) < 4.78 is 13.3. The highest BCUT2D eigenvalue weighted by Crippen LogP contribution is 2.40. The molecule has 1 aliphatic carbocycles. The molecule has 0 aromatic heterocycles. The molecule has 0 amide bonds. The van der Waals surface area contributed by atoms with E-state index < -0.39 is 17.8 Å². The fourth-order valence-corrected chi connectivity index (χ4v) is 3.42. The summed E-state index contributed by atoms with van der Waals surface area (Å²) in [5.41, 5.74) is 3.21. The monoisotopic (exact) mass is 291 g/mol. The number of hydrogen-bond donors (Lipinski definition) is 2. The Hall–Kier alpha value is -1.95. The average molecular weight is 291 g/mol. The van der Waals surface area contributed by atoms with Gasteiger partial charge in [-0.3, -0.25) is 4.79 Å². The summed E-state index contributed by atoms with van der Waals surface area (Å²) in [6.45, 7) is 2.49. The van der Waals surface area contributed by atoms with E-state index in [0.717, 1.165) is 16.8 Å². The maximum Gasteiger partial charge on any atom is 0.307 e. The number of hydrazine groups is 1. The van der Waals surface area contributed by atoms with Crippen LogP contribution in [0.1, 0.15) is 26.2 Å². The number of carboxylic acid groups (broad SMARTS) is 1. The van der Waals surface area contributed by atoms with Gasteiger partial charge in [0.2, 0.25) is 5.95 Å². The summed E-state index contributed by atoms with van der Waals surface area (Å²) in [5.74, 6) is 4.22. The lowest BCUT2D eigenvalue weighted by Crippen LogP contribution is -2.42. The molecule has 6 heteroatoms. The molecule has 0 bridgehead atoms. The van der Waals surface area contributed by atoms with Crippen molar-refractivity contribution in [2.45, 2.75) is 26.2 Å². The number of aliphatic carboxylic acids is 1. The lowest BCUT2D eigenvalue weighted by Gasteiger charge is -2.38. The van der Waals surface area contributed by atoms with Crippen LogP contribution in [0.4, 0.5) is 4.39 Å². The first-order valence-corrected chi connectivity index (χ1v) is 7.16. The number of carbonyl (C=O) groups is 1. The quantitative estimate of drug-likeness (QED) is 0.617. The van der Waals surface area contributed by atoms with Crippen LogP contribution in [0.2, 0.25) is 0 Å². The molecule has 0 aromatic carbocycles. The molecule has 3 rings (SSSR count). The van der Waals surface area contributed by atoms with Gasteiger partial charge in [0.25, 0.3) is 0 Å². The molecule has 1 unspecified atom stereocenters. The molecule has 2 aliphatic heterocycles. The van der Waals surface area contributed by atoms with Gasteiger partial charge < -0.3 is 10.1 Å². The normalized spacial score (nSPS) is 25.8. The second kappa shape index (κ2) is 5.11. The fraction of sp³-hybridized carbons (Fsp3) is 0.467. The topological polar surface area (TPSA) is 78.9 Å². The Morgan fingerprint density at radius 1 is 1.62 bits per heavy atom.